The average molecular weight is 407 g/mol. The van der Waals surface area contributed by atoms with E-state index in [0.29, 0.717) is 5.92 Å². The first-order chi connectivity index (χ1) is 14.0. The van der Waals surface area contributed by atoms with Gasteiger partial charge in [-0.3, -0.25) is 4.79 Å². The highest BCUT2D eigenvalue weighted by Gasteiger charge is 2.58. The van der Waals surface area contributed by atoms with Crippen molar-refractivity contribution >= 4 is 5.97 Å². The number of hydrogen-bond donors (Lipinski definition) is 0. The van der Waals surface area contributed by atoms with Crippen LogP contribution in [0, 0.1) is 16.2 Å². The topological polar surface area (TPSA) is 26.3 Å². The summed E-state index contributed by atoms with van der Waals surface area (Å²) < 4.78 is 6.53. The smallest absolute Gasteiger partial charge is 0.311 e. The van der Waals surface area contributed by atoms with Gasteiger partial charge in [-0.2, -0.15) is 0 Å². The second-order valence-electron chi connectivity index (χ2n) is 11.9. The third-order valence-corrected chi connectivity index (χ3v) is 7.52. The fourth-order valence-corrected chi connectivity index (χ4v) is 6.71. The number of hydrogen-bond acceptors (Lipinski definition) is 2. The van der Waals surface area contributed by atoms with Crippen LogP contribution < -0.4 is 0 Å². The maximum Gasteiger partial charge on any atom is 0.311 e. The Labute approximate surface area is 182 Å². The molecule has 2 saturated carbocycles. The van der Waals surface area contributed by atoms with Gasteiger partial charge in [0.2, 0.25) is 0 Å². The first-order valence-electron chi connectivity index (χ1n) is 11.7. The number of fused-ring (bicyclic) bond motifs is 2. The molecule has 1 aromatic rings. The molecule has 30 heavy (non-hydrogen) atoms. The van der Waals surface area contributed by atoms with Gasteiger partial charge in [0, 0.05) is 0 Å². The van der Waals surface area contributed by atoms with Crippen LogP contribution in [-0.2, 0) is 9.53 Å². The van der Waals surface area contributed by atoms with Crippen LogP contribution in [-0.4, -0.2) is 11.6 Å². The lowest BCUT2D eigenvalue weighted by Gasteiger charge is -2.59. The van der Waals surface area contributed by atoms with Crippen LogP contribution in [0.1, 0.15) is 91.0 Å². The second-order valence-corrected chi connectivity index (χ2v) is 11.9. The normalized spacial score (nSPS) is 36.2. The summed E-state index contributed by atoms with van der Waals surface area (Å²) in [5, 5.41) is 0. The van der Waals surface area contributed by atoms with Gasteiger partial charge in [0.15, 0.2) is 0 Å². The zero-order chi connectivity index (χ0) is 21.6. The van der Waals surface area contributed by atoms with E-state index in [1.165, 1.54) is 17.6 Å². The number of benzene rings is 1. The minimum absolute atomic E-state index is 0.0593. The lowest BCUT2D eigenvalue weighted by atomic mass is 9.49. The highest BCUT2D eigenvalue weighted by atomic mass is 16.6. The molecule has 0 N–H and O–H groups in total. The molecule has 2 fully saturated rings. The molecule has 3 aliphatic rings. The van der Waals surface area contributed by atoms with Gasteiger partial charge in [-0.1, -0.05) is 62.4 Å². The lowest BCUT2D eigenvalue weighted by Crippen LogP contribution is -2.55. The highest BCUT2D eigenvalue weighted by molar-refractivity contribution is 5.76. The fraction of sp³-hybridized carbons (Fsp3) is 0.607. The first kappa shape index (κ1) is 21.4. The van der Waals surface area contributed by atoms with Gasteiger partial charge in [0.25, 0.3) is 0 Å². The predicted octanol–water partition coefficient (Wildman–Crippen LogP) is 7.37. The molecule has 0 aromatic heterocycles. The van der Waals surface area contributed by atoms with E-state index in [2.05, 4.69) is 62.4 Å². The van der Waals surface area contributed by atoms with Crippen LogP contribution in [0.2, 0.25) is 0 Å². The maximum atomic E-state index is 13.1. The summed E-state index contributed by atoms with van der Waals surface area (Å²) >= 11 is 0. The molecule has 4 unspecified atom stereocenters. The minimum Gasteiger partial charge on any atom is -0.459 e. The Bertz CT molecular complexity index is 858. The molecule has 3 aliphatic carbocycles. The van der Waals surface area contributed by atoms with Crippen LogP contribution >= 0.6 is 0 Å². The van der Waals surface area contributed by atoms with E-state index in [0.717, 1.165) is 38.5 Å². The van der Waals surface area contributed by atoms with Crippen LogP contribution in [0.4, 0.5) is 0 Å². The number of carbonyl (C=O) groups excluding carboxylic acids is 1. The summed E-state index contributed by atoms with van der Waals surface area (Å²) in [4.78, 5) is 13.1. The molecule has 0 aliphatic heterocycles. The summed E-state index contributed by atoms with van der Waals surface area (Å²) in [7, 11) is 0. The van der Waals surface area contributed by atoms with E-state index >= 15 is 0 Å². The number of ether oxygens (including phenoxy) is 1. The molecule has 162 valence electrons. The third-order valence-electron chi connectivity index (χ3n) is 7.52. The molecule has 4 rings (SSSR count). The first-order valence-corrected chi connectivity index (χ1v) is 11.7. The van der Waals surface area contributed by atoms with Crippen molar-refractivity contribution in [3.8, 4) is 0 Å². The Morgan fingerprint density at radius 3 is 2.37 bits per heavy atom. The van der Waals surface area contributed by atoms with Gasteiger partial charge in [0.1, 0.15) is 5.60 Å². The Morgan fingerprint density at radius 2 is 1.73 bits per heavy atom. The predicted molar refractivity (Wildman–Crippen MR) is 123 cm³/mol. The Morgan fingerprint density at radius 1 is 1.00 bits per heavy atom. The summed E-state index contributed by atoms with van der Waals surface area (Å²) in [6, 6.07) is 10.9. The van der Waals surface area contributed by atoms with Crippen molar-refractivity contribution in [2.45, 2.75) is 91.1 Å². The van der Waals surface area contributed by atoms with Crippen LogP contribution in [0.3, 0.4) is 0 Å². The van der Waals surface area contributed by atoms with Crippen molar-refractivity contribution in [2.75, 3.05) is 0 Å². The number of rotatable bonds is 3. The number of esters is 1. The molecule has 2 nitrogen and oxygen atoms in total. The van der Waals surface area contributed by atoms with Gasteiger partial charge in [-0.25, -0.2) is 0 Å². The van der Waals surface area contributed by atoms with Gasteiger partial charge >= 0.3 is 5.97 Å². The number of allylic oxidation sites excluding steroid dienone is 4. The average Bonchev–Trinajstić information content (AvgIpc) is 2.67. The molecule has 0 amide bonds. The largest absolute Gasteiger partial charge is 0.459 e. The second kappa shape index (κ2) is 7.39. The van der Waals surface area contributed by atoms with E-state index in [-0.39, 0.29) is 16.8 Å². The fourth-order valence-electron chi connectivity index (χ4n) is 6.71. The molecule has 0 saturated heterocycles. The maximum absolute atomic E-state index is 13.1. The summed E-state index contributed by atoms with van der Waals surface area (Å²) in [5.74, 6) is 0.383. The zero-order valence-electron chi connectivity index (χ0n) is 19.5. The molecule has 0 spiro atoms. The lowest BCUT2D eigenvalue weighted by molar-refractivity contribution is -0.194. The van der Waals surface area contributed by atoms with Crippen LogP contribution in [0.25, 0.3) is 0 Å². The van der Waals surface area contributed by atoms with E-state index in [1.54, 1.807) is 0 Å². The van der Waals surface area contributed by atoms with E-state index < -0.39 is 11.0 Å². The van der Waals surface area contributed by atoms with Crippen molar-refractivity contribution in [3.63, 3.8) is 0 Å². The minimum atomic E-state index is -0.483. The molecule has 1 aromatic carbocycles. The molecule has 0 heterocycles. The molecular weight excluding hydrogens is 368 g/mol. The Balaban J connectivity index is 1.73. The summed E-state index contributed by atoms with van der Waals surface area (Å²) in [5.41, 5.74) is 2.19. The van der Waals surface area contributed by atoms with Gasteiger partial charge in [-0.05, 0) is 93.6 Å². The highest BCUT2D eigenvalue weighted by Crippen LogP contribution is 2.63. The summed E-state index contributed by atoms with van der Waals surface area (Å²) in [6.07, 6.45) is 14.5. The third kappa shape index (κ3) is 4.15. The van der Waals surface area contributed by atoms with Crippen molar-refractivity contribution < 1.29 is 9.53 Å². The van der Waals surface area contributed by atoms with Crippen LogP contribution in [0.5, 0.6) is 0 Å². The van der Waals surface area contributed by atoms with E-state index in [4.69, 9.17) is 4.74 Å². The Hall–Kier alpha value is -1.83. The van der Waals surface area contributed by atoms with Crippen molar-refractivity contribution in [1.29, 1.82) is 0 Å². The molecule has 4 atom stereocenters. The zero-order valence-corrected chi connectivity index (χ0v) is 19.5. The van der Waals surface area contributed by atoms with E-state index in [9.17, 15) is 4.79 Å². The monoisotopic (exact) mass is 406 g/mol. The van der Waals surface area contributed by atoms with Crippen LogP contribution in [0.15, 0.2) is 54.1 Å². The van der Waals surface area contributed by atoms with Crippen molar-refractivity contribution in [1.82, 2.24) is 0 Å². The molecule has 2 bridgehead atoms. The molecule has 2 heteroatoms. The number of carbonyl (C=O) groups is 1. The Kier molecular flexibility index (Phi) is 5.27. The molecular formula is C28H38O2. The van der Waals surface area contributed by atoms with Crippen molar-refractivity contribution in [3.05, 3.63) is 59.7 Å². The van der Waals surface area contributed by atoms with Gasteiger partial charge in [-0.15, -0.1) is 0 Å². The van der Waals surface area contributed by atoms with Gasteiger partial charge in [0.05, 0.1) is 5.41 Å². The van der Waals surface area contributed by atoms with Gasteiger partial charge < -0.3 is 4.74 Å². The van der Waals surface area contributed by atoms with E-state index in [1.807, 2.05) is 20.8 Å². The quantitative estimate of drug-likeness (QED) is 0.490. The summed E-state index contributed by atoms with van der Waals surface area (Å²) in [6.45, 7) is 10.8. The van der Waals surface area contributed by atoms with Crippen molar-refractivity contribution in [2.24, 2.45) is 16.2 Å². The standard InChI is InChI=1S/C28H38O2/c1-25(2,3)24(29)30-28-17-22(21-12-8-6-9-13-21)16-26(4,19-28)18-27(5,20-28)23-14-10-7-11-15-23/h6,8-10,12-15,22H,7,11,16-20H2,1-5H3. The molecule has 0 radical (unpaired) electrons. The SMILES string of the molecule is CC12CC(c3ccccc3)CC(OC(=O)C(C)(C)C)(C1)CC(C)(C1=CCCC=C1)C2.